The lowest BCUT2D eigenvalue weighted by molar-refractivity contribution is -0.137. The summed E-state index contributed by atoms with van der Waals surface area (Å²) in [6.07, 6.45) is 1.65. The number of rotatable bonds is 5. The Morgan fingerprint density at radius 2 is 2.12 bits per heavy atom. The monoisotopic (exact) mass is 244 g/mol. The van der Waals surface area contributed by atoms with Crippen LogP contribution in [0.1, 0.15) is 31.2 Å². The Bertz CT molecular complexity index is 372. The van der Waals surface area contributed by atoms with Crippen LogP contribution in [0, 0.1) is 5.92 Å². The molecular weight excluding hydrogens is 229 g/mol. The third-order valence-corrected chi connectivity index (χ3v) is 2.88. The van der Waals surface area contributed by atoms with E-state index in [0.717, 1.165) is 30.9 Å². The summed E-state index contributed by atoms with van der Waals surface area (Å²) in [6.45, 7) is 0.685. The lowest BCUT2D eigenvalue weighted by Crippen LogP contribution is -2.08. The van der Waals surface area contributed by atoms with Crippen LogP contribution in [0.25, 0.3) is 0 Å². The first-order chi connectivity index (χ1) is 8.05. The largest absolute Gasteiger partial charge is 0.416 e. The number of aromatic nitrogens is 1. The molecule has 94 valence electrons. The smallest absolute Gasteiger partial charge is 0.370 e. The van der Waals surface area contributed by atoms with Crippen molar-refractivity contribution in [2.45, 2.75) is 31.9 Å². The lowest BCUT2D eigenvalue weighted by Gasteiger charge is -2.09. The quantitative estimate of drug-likeness (QED) is 0.799. The number of hydrogen-bond donors (Lipinski definition) is 1. The fraction of sp³-hybridized carbons (Fsp3) is 0.583. The Morgan fingerprint density at radius 3 is 2.76 bits per heavy atom. The van der Waals surface area contributed by atoms with Crippen molar-refractivity contribution in [2.24, 2.45) is 5.92 Å². The predicted molar refractivity (Wildman–Crippen MR) is 59.7 cm³/mol. The molecule has 17 heavy (non-hydrogen) atoms. The second kappa shape index (κ2) is 4.94. The normalized spacial score (nSPS) is 15.9. The highest BCUT2D eigenvalue weighted by atomic mass is 19.4. The Kier molecular flexibility index (Phi) is 3.54. The number of alkyl halides is 3. The van der Waals surface area contributed by atoms with E-state index in [9.17, 15) is 13.2 Å². The Morgan fingerprint density at radius 1 is 1.35 bits per heavy atom. The second-order valence-electron chi connectivity index (χ2n) is 4.44. The van der Waals surface area contributed by atoms with Crippen molar-refractivity contribution in [3.63, 3.8) is 0 Å². The minimum atomic E-state index is -4.30. The van der Waals surface area contributed by atoms with Gasteiger partial charge in [-0.05, 0) is 30.9 Å². The maximum Gasteiger partial charge on any atom is 0.416 e. The standard InChI is InChI=1S/C12H15F3N2/c13-12(14,15)10-5-7-17-11(8-10)16-6-1-2-9-3-4-9/h5,7-9H,1-4,6H2,(H,16,17). The van der Waals surface area contributed by atoms with Crippen molar-refractivity contribution < 1.29 is 13.2 Å². The third-order valence-electron chi connectivity index (χ3n) is 2.88. The molecule has 1 N–H and O–H groups in total. The molecule has 1 aromatic rings. The minimum Gasteiger partial charge on any atom is -0.370 e. The maximum absolute atomic E-state index is 12.4. The Labute approximate surface area is 98.2 Å². The summed E-state index contributed by atoms with van der Waals surface area (Å²) in [5.41, 5.74) is -0.655. The summed E-state index contributed by atoms with van der Waals surface area (Å²) in [5.74, 6) is 1.15. The Hall–Kier alpha value is -1.26. The summed E-state index contributed by atoms with van der Waals surface area (Å²) >= 11 is 0. The van der Waals surface area contributed by atoms with Gasteiger partial charge >= 0.3 is 6.18 Å². The zero-order valence-electron chi connectivity index (χ0n) is 9.43. The van der Waals surface area contributed by atoms with Crippen LogP contribution in [-0.2, 0) is 6.18 Å². The predicted octanol–water partition coefficient (Wildman–Crippen LogP) is 3.70. The fourth-order valence-electron chi connectivity index (χ4n) is 1.72. The lowest BCUT2D eigenvalue weighted by atomic mass is 10.2. The van der Waals surface area contributed by atoms with E-state index in [-0.39, 0.29) is 0 Å². The summed E-state index contributed by atoms with van der Waals surface area (Å²) in [4.78, 5) is 3.87. The van der Waals surface area contributed by atoms with Gasteiger partial charge in [0.1, 0.15) is 5.82 Å². The van der Waals surface area contributed by atoms with Gasteiger partial charge in [-0.1, -0.05) is 12.8 Å². The number of hydrogen-bond acceptors (Lipinski definition) is 2. The van der Waals surface area contributed by atoms with E-state index in [1.807, 2.05) is 0 Å². The van der Waals surface area contributed by atoms with Crippen LogP contribution in [0.5, 0.6) is 0 Å². The highest BCUT2D eigenvalue weighted by molar-refractivity contribution is 5.38. The molecule has 1 fully saturated rings. The summed E-state index contributed by atoms with van der Waals surface area (Å²) in [6, 6.07) is 2.03. The highest BCUT2D eigenvalue weighted by Gasteiger charge is 2.30. The number of nitrogens with zero attached hydrogens (tertiary/aromatic N) is 1. The molecule has 0 amide bonds. The van der Waals surface area contributed by atoms with Crippen molar-refractivity contribution >= 4 is 5.82 Å². The molecule has 1 saturated carbocycles. The third kappa shape index (κ3) is 3.91. The van der Waals surface area contributed by atoms with Crippen LogP contribution >= 0.6 is 0 Å². The van der Waals surface area contributed by atoms with Crippen molar-refractivity contribution in [1.29, 1.82) is 0 Å². The van der Waals surface area contributed by atoms with Crippen molar-refractivity contribution in [3.05, 3.63) is 23.9 Å². The Balaban J connectivity index is 1.82. The van der Waals surface area contributed by atoms with Gasteiger partial charge in [-0.2, -0.15) is 13.2 Å². The molecular formula is C12H15F3N2. The second-order valence-corrected chi connectivity index (χ2v) is 4.44. The van der Waals surface area contributed by atoms with Gasteiger partial charge < -0.3 is 5.32 Å². The van der Waals surface area contributed by atoms with Crippen molar-refractivity contribution in [2.75, 3.05) is 11.9 Å². The minimum absolute atomic E-state index is 0.302. The molecule has 2 nitrogen and oxygen atoms in total. The molecule has 5 heteroatoms. The fourth-order valence-corrected chi connectivity index (χ4v) is 1.72. The van der Waals surface area contributed by atoms with Gasteiger partial charge in [0.25, 0.3) is 0 Å². The molecule has 0 bridgehead atoms. The first kappa shape index (κ1) is 12.2. The summed E-state index contributed by atoms with van der Waals surface area (Å²) < 4.78 is 37.2. The average Bonchev–Trinajstić information content (AvgIpc) is 3.08. The molecule has 1 aromatic heterocycles. The zero-order chi connectivity index (χ0) is 12.3. The molecule has 0 aromatic carbocycles. The van der Waals surface area contributed by atoms with Gasteiger partial charge in [-0.15, -0.1) is 0 Å². The average molecular weight is 244 g/mol. The van der Waals surface area contributed by atoms with E-state index in [0.29, 0.717) is 12.4 Å². The van der Waals surface area contributed by atoms with Gasteiger partial charge in [0.15, 0.2) is 0 Å². The van der Waals surface area contributed by atoms with Crippen molar-refractivity contribution in [3.8, 4) is 0 Å². The zero-order valence-corrected chi connectivity index (χ0v) is 9.43. The van der Waals surface area contributed by atoms with E-state index in [2.05, 4.69) is 10.3 Å². The SMILES string of the molecule is FC(F)(F)c1ccnc(NCCCC2CC2)c1. The molecule has 0 spiro atoms. The van der Waals surface area contributed by atoms with E-state index >= 15 is 0 Å². The first-order valence-corrected chi connectivity index (χ1v) is 5.83. The van der Waals surface area contributed by atoms with E-state index < -0.39 is 11.7 Å². The molecule has 1 heterocycles. The number of pyridine rings is 1. The van der Waals surface area contributed by atoms with Gasteiger partial charge in [0.2, 0.25) is 0 Å². The molecule has 0 radical (unpaired) electrons. The molecule has 0 saturated heterocycles. The van der Waals surface area contributed by atoms with Crippen LogP contribution in [0.2, 0.25) is 0 Å². The molecule has 1 aliphatic rings. The van der Waals surface area contributed by atoms with Crippen LogP contribution in [0.15, 0.2) is 18.3 Å². The number of anilines is 1. The number of nitrogens with one attached hydrogen (secondary N) is 1. The first-order valence-electron chi connectivity index (χ1n) is 5.83. The van der Waals surface area contributed by atoms with Crippen LogP contribution in [0.3, 0.4) is 0 Å². The van der Waals surface area contributed by atoms with Crippen LogP contribution in [-0.4, -0.2) is 11.5 Å². The van der Waals surface area contributed by atoms with Crippen LogP contribution in [0.4, 0.5) is 19.0 Å². The maximum atomic E-state index is 12.4. The number of halogens is 3. The molecule has 0 unspecified atom stereocenters. The molecule has 1 aliphatic carbocycles. The van der Waals surface area contributed by atoms with Crippen LogP contribution < -0.4 is 5.32 Å². The van der Waals surface area contributed by atoms with Crippen molar-refractivity contribution in [1.82, 2.24) is 4.98 Å². The van der Waals surface area contributed by atoms with Gasteiger partial charge in [-0.25, -0.2) is 4.98 Å². The molecule has 0 atom stereocenters. The molecule has 0 aliphatic heterocycles. The van der Waals surface area contributed by atoms with E-state index in [1.165, 1.54) is 19.0 Å². The highest BCUT2D eigenvalue weighted by Crippen LogP contribution is 2.33. The summed E-state index contributed by atoms with van der Waals surface area (Å²) in [5, 5.41) is 2.93. The molecule has 2 rings (SSSR count). The van der Waals surface area contributed by atoms with E-state index in [4.69, 9.17) is 0 Å². The van der Waals surface area contributed by atoms with Gasteiger partial charge in [0.05, 0.1) is 5.56 Å². The summed E-state index contributed by atoms with van der Waals surface area (Å²) in [7, 11) is 0. The topological polar surface area (TPSA) is 24.9 Å². The van der Waals surface area contributed by atoms with Gasteiger partial charge in [0, 0.05) is 12.7 Å². The van der Waals surface area contributed by atoms with Gasteiger partial charge in [-0.3, -0.25) is 0 Å². The van der Waals surface area contributed by atoms with E-state index in [1.54, 1.807) is 0 Å².